The number of carbonyl (C=O) groups is 1. The van der Waals surface area contributed by atoms with E-state index in [1.165, 1.54) is 11.1 Å². The Bertz CT molecular complexity index is 1340. The average Bonchev–Trinajstić information content (AvgIpc) is 3.44. The van der Waals surface area contributed by atoms with Crippen molar-refractivity contribution in [2.45, 2.75) is 0 Å². The van der Waals surface area contributed by atoms with Gasteiger partial charge in [0.25, 0.3) is 5.91 Å². The summed E-state index contributed by atoms with van der Waals surface area (Å²) in [6, 6.07) is 17.4. The molecule has 3 aromatic rings. The molecule has 0 spiro atoms. The first-order chi connectivity index (χ1) is 15.5. The minimum Gasteiger partial charge on any atom is -0.497 e. The molecule has 1 amide bonds. The summed E-state index contributed by atoms with van der Waals surface area (Å²) in [5, 5.41) is 14.7. The van der Waals surface area contributed by atoms with Crippen molar-refractivity contribution < 1.29 is 13.9 Å². The summed E-state index contributed by atoms with van der Waals surface area (Å²) in [6.07, 6.45) is 3.47. The van der Waals surface area contributed by atoms with Gasteiger partial charge in [0.1, 0.15) is 16.6 Å². The molecule has 0 unspecified atom stereocenters. The molecule has 9 heteroatoms. The number of methoxy groups -OCH3 is 1. The van der Waals surface area contributed by atoms with Crippen LogP contribution in [0.2, 0.25) is 0 Å². The molecule has 0 atom stereocenters. The van der Waals surface area contributed by atoms with Crippen molar-refractivity contribution in [3.63, 3.8) is 0 Å². The van der Waals surface area contributed by atoms with Crippen LogP contribution in [-0.4, -0.2) is 38.6 Å². The van der Waals surface area contributed by atoms with Crippen molar-refractivity contribution in [3.05, 3.63) is 89.5 Å². The first kappa shape index (κ1) is 20.0. The predicted molar refractivity (Wildman–Crippen MR) is 123 cm³/mol. The molecule has 2 aliphatic rings. The Kier molecular flexibility index (Phi) is 4.95. The number of benzene rings is 2. The second-order valence-corrected chi connectivity index (χ2v) is 7.86. The molecule has 5 rings (SSSR count). The van der Waals surface area contributed by atoms with Gasteiger partial charge in [0, 0.05) is 23.1 Å². The summed E-state index contributed by atoms with van der Waals surface area (Å²) >= 11 is 1.06. The van der Waals surface area contributed by atoms with Gasteiger partial charge in [-0.2, -0.15) is 15.1 Å². The highest BCUT2D eigenvalue weighted by atomic mass is 32.2. The lowest BCUT2D eigenvalue weighted by Crippen LogP contribution is -2.35. The molecule has 0 saturated carbocycles. The monoisotopic (exact) mass is 445 g/mol. The number of fused-ring (bicyclic) bond motifs is 1. The molecule has 0 bridgehead atoms. The Hall–Kier alpha value is -3.98. The Balaban J connectivity index is 1.49. The van der Waals surface area contributed by atoms with Crippen LogP contribution in [0.4, 0.5) is 4.39 Å². The molecular formula is C23H16FN5O2S. The SMILES string of the molecule is COc1ccc(-n2cccc2/C=C2/C(=N)N3N=C(c4ccccc4F)SC3=NC2=O)cc1. The number of carbonyl (C=O) groups excluding carboxylic acids is 1. The number of rotatable bonds is 4. The van der Waals surface area contributed by atoms with E-state index in [0.717, 1.165) is 23.2 Å². The fourth-order valence-corrected chi connectivity index (χ4v) is 4.29. The van der Waals surface area contributed by atoms with Crippen molar-refractivity contribution in [2.24, 2.45) is 10.1 Å². The zero-order chi connectivity index (χ0) is 22.2. The van der Waals surface area contributed by atoms with E-state index in [1.54, 1.807) is 31.4 Å². The Labute approximate surface area is 187 Å². The number of amidine groups is 2. The zero-order valence-electron chi connectivity index (χ0n) is 16.8. The number of hydrogen-bond acceptors (Lipinski definition) is 5. The number of aromatic nitrogens is 1. The standard InChI is InChI=1S/C23H16FN5O2S/c1-31-16-10-8-14(9-11-16)28-12-4-5-15(28)13-18-20(25)29-23(26-21(18)30)32-22(27-29)17-6-2-3-7-19(17)24/h2-13,25H,1H3/b18-13-,25-20?. The van der Waals surface area contributed by atoms with Crippen molar-refractivity contribution in [1.82, 2.24) is 9.58 Å². The number of halogens is 1. The fraction of sp³-hybridized carbons (Fsp3) is 0.0435. The first-order valence-electron chi connectivity index (χ1n) is 9.62. The number of aliphatic imine (C=N–C) groups is 1. The van der Waals surface area contributed by atoms with Gasteiger partial charge in [-0.15, -0.1) is 0 Å². The summed E-state index contributed by atoms with van der Waals surface area (Å²) in [5.41, 5.74) is 1.97. The van der Waals surface area contributed by atoms with Gasteiger partial charge in [-0.3, -0.25) is 10.2 Å². The highest BCUT2D eigenvalue weighted by Crippen LogP contribution is 2.32. The number of hydrazone groups is 1. The van der Waals surface area contributed by atoms with Gasteiger partial charge in [-0.05, 0) is 66.4 Å². The molecule has 1 N–H and O–H groups in total. The van der Waals surface area contributed by atoms with Crippen molar-refractivity contribution in [3.8, 4) is 11.4 Å². The van der Waals surface area contributed by atoms with Crippen LogP contribution < -0.4 is 4.74 Å². The third-order valence-electron chi connectivity index (χ3n) is 4.98. The van der Waals surface area contributed by atoms with Crippen LogP contribution in [-0.2, 0) is 4.79 Å². The molecule has 0 aliphatic carbocycles. The lowest BCUT2D eigenvalue weighted by atomic mass is 10.1. The van der Waals surface area contributed by atoms with E-state index in [2.05, 4.69) is 10.1 Å². The molecule has 0 saturated heterocycles. The van der Waals surface area contributed by atoms with E-state index in [0.29, 0.717) is 16.3 Å². The highest BCUT2D eigenvalue weighted by molar-refractivity contribution is 8.27. The summed E-state index contributed by atoms with van der Waals surface area (Å²) in [5.74, 6) is -0.338. The fourth-order valence-electron chi connectivity index (χ4n) is 3.37. The second-order valence-electron chi connectivity index (χ2n) is 6.91. The van der Waals surface area contributed by atoms with E-state index in [-0.39, 0.29) is 16.6 Å². The molecule has 0 radical (unpaired) electrons. The van der Waals surface area contributed by atoms with Gasteiger partial charge < -0.3 is 9.30 Å². The molecule has 2 aliphatic heterocycles. The number of nitrogens with zero attached hydrogens (tertiary/aromatic N) is 4. The predicted octanol–water partition coefficient (Wildman–Crippen LogP) is 4.29. The quantitative estimate of drug-likeness (QED) is 0.608. The van der Waals surface area contributed by atoms with Crippen LogP contribution in [0.15, 0.2) is 82.5 Å². The van der Waals surface area contributed by atoms with E-state index in [9.17, 15) is 9.18 Å². The van der Waals surface area contributed by atoms with Crippen molar-refractivity contribution in [2.75, 3.05) is 7.11 Å². The van der Waals surface area contributed by atoms with Gasteiger partial charge >= 0.3 is 0 Å². The Morgan fingerprint density at radius 1 is 1.09 bits per heavy atom. The maximum atomic E-state index is 14.2. The normalized spacial score (nSPS) is 16.8. The number of hydrogen-bond donors (Lipinski definition) is 1. The van der Waals surface area contributed by atoms with Gasteiger partial charge in [-0.1, -0.05) is 12.1 Å². The minimum absolute atomic E-state index is 0.0985. The molecule has 3 heterocycles. The summed E-state index contributed by atoms with van der Waals surface area (Å²) in [7, 11) is 1.60. The number of amides is 1. The van der Waals surface area contributed by atoms with Gasteiger partial charge in [-0.25, -0.2) is 4.39 Å². The first-order valence-corrected chi connectivity index (χ1v) is 10.4. The molecule has 0 fully saturated rings. The third kappa shape index (κ3) is 3.42. The Morgan fingerprint density at radius 3 is 2.62 bits per heavy atom. The van der Waals surface area contributed by atoms with Crippen LogP contribution >= 0.6 is 11.8 Å². The maximum Gasteiger partial charge on any atom is 0.283 e. The van der Waals surface area contributed by atoms with E-state index in [4.69, 9.17) is 10.1 Å². The minimum atomic E-state index is -0.541. The van der Waals surface area contributed by atoms with Gasteiger partial charge in [0.15, 0.2) is 5.84 Å². The van der Waals surface area contributed by atoms with Gasteiger partial charge in [0.05, 0.1) is 12.7 Å². The Morgan fingerprint density at radius 2 is 1.88 bits per heavy atom. The van der Waals surface area contributed by atoms with Crippen molar-refractivity contribution in [1.29, 1.82) is 5.41 Å². The number of nitrogens with one attached hydrogen (secondary N) is 1. The summed E-state index contributed by atoms with van der Waals surface area (Å²) in [6.45, 7) is 0. The molecule has 32 heavy (non-hydrogen) atoms. The molecular weight excluding hydrogens is 429 g/mol. The molecule has 2 aromatic carbocycles. The lowest BCUT2D eigenvalue weighted by molar-refractivity contribution is -0.114. The molecule has 1 aromatic heterocycles. The lowest BCUT2D eigenvalue weighted by Gasteiger charge is -2.20. The van der Waals surface area contributed by atoms with Gasteiger partial charge in [0.2, 0.25) is 5.17 Å². The van der Waals surface area contributed by atoms with Crippen LogP contribution in [0.3, 0.4) is 0 Å². The third-order valence-corrected chi connectivity index (χ3v) is 5.92. The number of thioether (sulfide) groups is 1. The van der Waals surface area contributed by atoms with Crippen LogP contribution in [0.25, 0.3) is 11.8 Å². The van der Waals surface area contributed by atoms with Crippen LogP contribution in [0, 0.1) is 11.2 Å². The summed E-state index contributed by atoms with van der Waals surface area (Å²) < 4.78 is 21.3. The highest BCUT2D eigenvalue weighted by Gasteiger charge is 2.36. The smallest absolute Gasteiger partial charge is 0.283 e. The number of ether oxygens (including phenoxy) is 1. The maximum absolute atomic E-state index is 14.2. The van der Waals surface area contributed by atoms with Crippen LogP contribution in [0.5, 0.6) is 5.75 Å². The molecule has 7 nitrogen and oxygen atoms in total. The largest absolute Gasteiger partial charge is 0.497 e. The van der Waals surface area contributed by atoms with Crippen LogP contribution in [0.1, 0.15) is 11.3 Å². The van der Waals surface area contributed by atoms with E-state index < -0.39 is 11.7 Å². The molecule has 158 valence electrons. The van der Waals surface area contributed by atoms with Crippen molar-refractivity contribution >= 4 is 39.8 Å². The zero-order valence-corrected chi connectivity index (χ0v) is 17.6. The summed E-state index contributed by atoms with van der Waals surface area (Å²) in [4.78, 5) is 16.8. The van der Waals surface area contributed by atoms with E-state index >= 15 is 0 Å². The van der Waals surface area contributed by atoms with E-state index in [1.807, 2.05) is 47.2 Å². The average molecular weight is 445 g/mol. The second kappa shape index (κ2) is 7.93. The topological polar surface area (TPSA) is 83.0 Å².